The number of rotatable bonds is 28. The summed E-state index contributed by atoms with van der Waals surface area (Å²) in [7, 11) is 1.65. The van der Waals surface area contributed by atoms with Crippen LogP contribution in [0.1, 0.15) is 60.9 Å². The number of nitrogens with zero attached hydrogens (tertiary/aromatic N) is 10. The zero-order valence-electron chi connectivity index (χ0n) is 47.4. The molecule has 84 heavy (non-hydrogen) atoms. The highest BCUT2D eigenvalue weighted by atomic mass is 35.5. The number of nitriles is 1. The molecule has 4 aromatic carbocycles. The number of likely N-dealkylation sites (N-methyl/N-ethyl adjacent to an activating group) is 1. The van der Waals surface area contributed by atoms with E-state index in [1.54, 1.807) is 7.05 Å². The van der Waals surface area contributed by atoms with Crippen molar-refractivity contribution in [3.8, 4) is 12.1 Å². The monoisotopic (exact) mass is 1200 g/mol. The number of benzene rings is 4. The molecule has 0 radical (unpaired) electrons. The van der Waals surface area contributed by atoms with Gasteiger partial charge in [-0.15, -0.1) is 0 Å². The molecule has 0 aliphatic carbocycles. The Kier molecular flexibility index (Phi) is 22.1. The van der Waals surface area contributed by atoms with E-state index in [1.165, 1.54) is 26.6 Å². The van der Waals surface area contributed by atoms with Crippen LogP contribution < -0.4 is 20.3 Å². The summed E-state index contributed by atoms with van der Waals surface area (Å²) in [6, 6.07) is 26.3. The summed E-state index contributed by atoms with van der Waals surface area (Å²) in [5.41, 5.74) is 9.54. The van der Waals surface area contributed by atoms with E-state index in [9.17, 15) is 23.6 Å². The van der Waals surface area contributed by atoms with Gasteiger partial charge in [-0.3, -0.25) is 9.69 Å². The minimum atomic E-state index is -1.05. The second kappa shape index (κ2) is 30.0. The summed E-state index contributed by atoms with van der Waals surface area (Å²) in [4.78, 5) is 45.6. The highest BCUT2D eigenvalue weighted by molar-refractivity contribution is 8.15. The van der Waals surface area contributed by atoms with Crippen molar-refractivity contribution in [2.45, 2.75) is 68.4 Å². The van der Waals surface area contributed by atoms with Gasteiger partial charge in [-0.1, -0.05) is 84.5 Å². The number of urea groups is 1. The molecule has 23 heteroatoms. The fraction of sp³-hybridized carbons (Fsp3) is 0.475. The third kappa shape index (κ3) is 15.1. The molecule has 0 spiro atoms. The summed E-state index contributed by atoms with van der Waals surface area (Å²) < 4.78 is 73.1. The van der Waals surface area contributed by atoms with Gasteiger partial charge in [0.2, 0.25) is 0 Å². The van der Waals surface area contributed by atoms with E-state index in [4.69, 9.17) is 51.0 Å². The van der Waals surface area contributed by atoms with Crippen molar-refractivity contribution in [1.29, 1.82) is 5.26 Å². The van der Waals surface area contributed by atoms with Crippen molar-refractivity contribution in [2.75, 3.05) is 129 Å². The minimum absolute atomic E-state index is 0.0189. The third-order valence-electron chi connectivity index (χ3n) is 15.5. The number of hydrogen-bond acceptors (Lipinski definition) is 16. The Labute approximate surface area is 498 Å². The lowest BCUT2D eigenvalue weighted by Gasteiger charge is -2.42. The van der Waals surface area contributed by atoms with Gasteiger partial charge in [0.05, 0.1) is 82.0 Å². The number of aromatic nitrogens is 2. The van der Waals surface area contributed by atoms with Gasteiger partial charge < -0.3 is 49.0 Å². The molecule has 4 aliphatic heterocycles. The number of carbonyl (C=O) groups is 2. The fourth-order valence-corrected chi connectivity index (χ4v) is 12.9. The van der Waals surface area contributed by atoms with Crippen LogP contribution in [0.15, 0.2) is 102 Å². The van der Waals surface area contributed by atoms with Crippen LogP contribution in [0.5, 0.6) is 6.01 Å². The molecule has 3 atom stereocenters. The number of hydrazone groups is 1. The molecular formula is C61H73ClF3N11O7S. The van der Waals surface area contributed by atoms with E-state index in [0.717, 1.165) is 83.8 Å². The fourth-order valence-electron chi connectivity index (χ4n) is 11.2. The minimum Gasteiger partial charge on any atom is -0.462 e. The van der Waals surface area contributed by atoms with E-state index in [-0.39, 0.29) is 48.8 Å². The SMILES string of the molecule is C=C(F)C(=O)N1CCN(c2nc(OC[C@@H]3CCCN3CCCOCCOCCOCCOCCN(C)C(=O)N3N=C(c4cc(F)ccc4F)SC3(CCCN)c3ccccc3)nc3c2CCN(c2cccc4cccc(Cl)c24)C3)C[C@@H]1CC#N. The smallest absolute Gasteiger partial charge is 0.341 e. The molecule has 0 saturated carbocycles. The Balaban J connectivity index is 0.686. The summed E-state index contributed by atoms with van der Waals surface area (Å²) in [5.74, 6) is -2.39. The molecule has 1 unspecified atom stereocenters. The molecule has 1 aromatic heterocycles. The van der Waals surface area contributed by atoms with E-state index in [1.807, 2.05) is 48.5 Å². The van der Waals surface area contributed by atoms with E-state index in [0.29, 0.717) is 116 Å². The zero-order valence-corrected chi connectivity index (χ0v) is 49.0. The molecule has 18 nitrogen and oxygen atoms in total. The lowest BCUT2D eigenvalue weighted by molar-refractivity contribution is -0.131. The van der Waals surface area contributed by atoms with Gasteiger partial charge in [0.15, 0.2) is 5.83 Å². The highest BCUT2D eigenvalue weighted by Gasteiger charge is 2.49. The van der Waals surface area contributed by atoms with Gasteiger partial charge in [0.1, 0.15) is 34.0 Å². The van der Waals surface area contributed by atoms with Crippen LogP contribution in [0.3, 0.4) is 0 Å². The first-order valence-electron chi connectivity index (χ1n) is 28.7. The number of fused-ring (bicyclic) bond motifs is 2. The van der Waals surface area contributed by atoms with Gasteiger partial charge in [-0.2, -0.15) is 25.3 Å². The average molecular weight is 1200 g/mol. The Hall–Kier alpha value is -6.55. The standard InChI is InChI=1S/C61H73ClF3N11O7S/c1-43(63)58(77)75-29-28-74(40-47(75)20-24-67)56-49-21-27-73(54-17-7-12-44-11-6-16-51(62)55(44)54)41-53(49)68-59(69-56)83-42-48-15-8-25-72(48)26-10-31-79-33-35-81-37-38-82-36-34-80-32-30-71(2)60(78)76-61(22-9-23-66,45-13-4-3-5-14-45)84-57(70-76)50-39-46(64)18-19-52(50)65/h3-7,11-14,16-19,39,47-48H,1,8-10,15,20-23,25-38,40-42,66H2,2H3/t47-,48-,61?/m0/s1. The molecule has 4 aliphatic rings. The maximum Gasteiger partial charge on any atom is 0.341 e. The molecule has 448 valence electrons. The van der Waals surface area contributed by atoms with Crippen molar-refractivity contribution >= 4 is 62.6 Å². The molecular weight excluding hydrogens is 1120 g/mol. The number of carbonyl (C=O) groups excluding carboxylic acids is 2. The van der Waals surface area contributed by atoms with Crippen LogP contribution in [-0.4, -0.2) is 178 Å². The largest absolute Gasteiger partial charge is 0.462 e. The predicted octanol–water partition coefficient (Wildman–Crippen LogP) is 8.89. The molecule has 2 N–H and O–H groups in total. The molecule has 2 saturated heterocycles. The first-order valence-corrected chi connectivity index (χ1v) is 29.9. The van der Waals surface area contributed by atoms with E-state index in [2.05, 4.69) is 50.6 Å². The predicted molar refractivity (Wildman–Crippen MR) is 319 cm³/mol. The second-order valence-corrected chi connectivity index (χ2v) is 22.7. The van der Waals surface area contributed by atoms with Crippen LogP contribution in [-0.2, 0) is 41.6 Å². The number of piperazine rings is 1. The lowest BCUT2D eigenvalue weighted by Crippen LogP contribution is -2.55. The number of anilines is 2. The summed E-state index contributed by atoms with van der Waals surface area (Å²) in [5, 5.41) is 18.6. The lowest BCUT2D eigenvalue weighted by atomic mass is 10.0. The van der Waals surface area contributed by atoms with Gasteiger partial charge in [0, 0.05) is 81.2 Å². The summed E-state index contributed by atoms with van der Waals surface area (Å²) in [6.45, 7) is 11.2. The second-order valence-electron chi connectivity index (χ2n) is 21.0. The van der Waals surface area contributed by atoms with Crippen molar-refractivity contribution in [1.82, 2.24) is 29.7 Å². The number of thioether (sulfide) groups is 1. The Bertz CT molecular complexity index is 3140. The summed E-state index contributed by atoms with van der Waals surface area (Å²) >= 11 is 8.00. The average Bonchev–Trinajstić information content (AvgIpc) is 2.05. The van der Waals surface area contributed by atoms with Crippen molar-refractivity contribution in [2.24, 2.45) is 10.8 Å². The van der Waals surface area contributed by atoms with Crippen molar-refractivity contribution < 1.29 is 46.4 Å². The molecule has 9 rings (SSSR count). The molecule has 5 heterocycles. The highest BCUT2D eigenvalue weighted by Crippen LogP contribution is 2.51. The number of ether oxygens (including phenoxy) is 5. The van der Waals surface area contributed by atoms with Crippen LogP contribution in [0, 0.1) is 23.0 Å². The first-order chi connectivity index (χ1) is 40.9. The van der Waals surface area contributed by atoms with Crippen LogP contribution in [0.2, 0.25) is 5.02 Å². The van der Waals surface area contributed by atoms with Gasteiger partial charge in [0.25, 0.3) is 5.91 Å². The van der Waals surface area contributed by atoms with Crippen molar-refractivity contribution in [3.63, 3.8) is 0 Å². The molecule has 0 bridgehead atoms. The zero-order chi connectivity index (χ0) is 59.0. The molecule has 2 fully saturated rings. The van der Waals surface area contributed by atoms with E-state index >= 15 is 4.39 Å². The Morgan fingerprint density at radius 1 is 0.881 bits per heavy atom. The topological polar surface area (TPSA) is 188 Å². The normalized spacial score (nSPS) is 18.9. The quantitative estimate of drug-likeness (QED) is 0.0369. The maximum absolute atomic E-state index is 15.0. The number of likely N-dealkylation sites (tertiary alicyclic amines) is 1. The number of hydrogen-bond donors (Lipinski definition) is 1. The molecule has 3 amide bonds. The Morgan fingerprint density at radius 2 is 1.62 bits per heavy atom. The Morgan fingerprint density at radius 3 is 2.36 bits per heavy atom. The number of halogens is 4. The summed E-state index contributed by atoms with van der Waals surface area (Å²) in [6.07, 6.45) is 4.49. The van der Waals surface area contributed by atoms with E-state index < -0.39 is 40.3 Å². The van der Waals surface area contributed by atoms with Crippen LogP contribution in [0.4, 0.5) is 29.5 Å². The van der Waals surface area contributed by atoms with Gasteiger partial charge in [-0.25, -0.2) is 18.0 Å². The number of nitrogens with two attached hydrogens (primary N) is 1. The van der Waals surface area contributed by atoms with Crippen LogP contribution >= 0.6 is 23.4 Å². The molecule has 5 aromatic rings. The van der Waals surface area contributed by atoms with Gasteiger partial charge in [-0.05, 0) is 92.9 Å². The van der Waals surface area contributed by atoms with Crippen molar-refractivity contribution in [3.05, 3.63) is 136 Å². The van der Waals surface area contributed by atoms with Gasteiger partial charge >= 0.3 is 12.0 Å². The third-order valence-corrected chi connectivity index (χ3v) is 17.3. The maximum atomic E-state index is 15.0. The first kappa shape index (κ1) is 62.0. The van der Waals surface area contributed by atoms with Crippen LogP contribution in [0.25, 0.3) is 10.8 Å². The number of amides is 3.